The number of hydrogen-bond donors (Lipinski definition) is 1. The van der Waals surface area contributed by atoms with Crippen LogP contribution >= 0.6 is 11.5 Å². The minimum Gasteiger partial charge on any atom is -0.382 e. The van der Waals surface area contributed by atoms with Crippen molar-refractivity contribution in [2.45, 2.75) is 38.0 Å². The van der Waals surface area contributed by atoms with Crippen LogP contribution in [0.5, 0.6) is 0 Å². The summed E-state index contributed by atoms with van der Waals surface area (Å²) >= 11 is 1.16. The molecule has 0 spiro atoms. The molecule has 0 atom stereocenters. The van der Waals surface area contributed by atoms with Crippen LogP contribution in [0.15, 0.2) is 4.90 Å². The van der Waals surface area contributed by atoms with Crippen molar-refractivity contribution in [3.8, 4) is 0 Å². The van der Waals surface area contributed by atoms with Gasteiger partial charge in [0, 0.05) is 13.6 Å². The first-order valence-electron chi connectivity index (χ1n) is 6.13. The van der Waals surface area contributed by atoms with Gasteiger partial charge in [0.1, 0.15) is 9.90 Å². The lowest BCUT2D eigenvalue weighted by Gasteiger charge is -2.18. The Kier molecular flexibility index (Phi) is 5.40. The summed E-state index contributed by atoms with van der Waals surface area (Å²) in [4.78, 5) is 2.14. The van der Waals surface area contributed by atoms with E-state index >= 15 is 0 Å². The number of aromatic nitrogens is 1. The highest BCUT2D eigenvalue weighted by Gasteiger charge is 2.25. The second-order valence-electron chi connectivity index (χ2n) is 4.23. The number of rotatable bonds is 7. The monoisotopic (exact) mass is 291 g/mol. The lowest BCUT2D eigenvalue weighted by Crippen LogP contribution is -2.20. The van der Waals surface area contributed by atoms with Gasteiger partial charge in [-0.05, 0) is 18.0 Å². The Morgan fingerprint density at radius 1 is 1.33 bits per heavy atom. The summed E-state index contributed by atoms with van der Waals surface area (Å²) in [6.45, 7) is 4.58. The molecule has 0 amide bonds. The molecule has 0 aliphatic heterocycles. The zero-order valence-corrected chi connectivity index (χ0v) is 12.8. The van der Waals surface area contributed by atoms with Crippen molar-refractivity contribution in [1.82, 2.24) is 4.37 Å². The molecule has 0 radical (unpaired) electrons. The number of sulfone groups is 1. The molecule has 0 saturated heterocycles. The van der Waals surface area contributed by atoms with E-state index in [2.05, 4.69) is 11.3 Å². The molecule has 1 aromatic heterocycles. The summed E-state index contributed by atoms with van der Waals surface area (Å²) < 4.78 is 28.0. The summed E-state index contributed by atoms with van der Waals surface area (Å²) in [5.74, 6) is 0.171. The highest BCUT2D eigenvalue weighted by Crippen LogP contribution is 2.34. The van der Waals surface area contributed by atoms with E-state index in [-0.39, 0.29) is 16.5 Å². The van der Waals surface area contributed by atoms with E-state index in [0.29, 0.717) is 5.00 Å². The van der Waals surface area contributed by atoms with Gasteiger partial charge in [-0.15, -0.1) is 0 Å². The average Bonchev–Trinajstić information content (AvgIpc) is 2.72. The summed E-state index contributed by atoms with van der Waals surface area (Å²) in [7, 11) is -1.42. The van der Waals surface area contributed by atoms with Gasteiger partial charge >= 0.3 is 0 Å². The first-order chi connectivity index (χ1) is 8.44. The molecule has 5 nitrogen and oxygen atoms in total. The highest BCUT2D eigenvalue weighted by molar-refractivity contribution is 7.91. The van der Waals surface area contributed by atoms with Gasteiger partial charge in [-0.1, -0.05) is 26.7 Å². The molecule has 18 heavy (non-hydrogen) atoms. The first kappa shape index (κ1) is 15.2. The van der Waals surface area contributed by atoms with Crippen molar-refractivity contribution in [2.75, 3.05) is 30.0 Å². The van der Waals surface area contributed by atoms with E-state index in [1.807, 2.05) is 11.9 Å². The van der Waals surface area contributed by atoms with Crippen molar-refractivity contribution in [3.05, 3.63) is 0 Å². The van der Waals surface area contributed by atoms with E-state index in [9.17, 15) is 8.42 Å². The number of hydrogen-bond acceptors (Lipinski definition) is 6. The van der Waals surface area contributed by atoms with Crippen molar-refractivity contribution in [3.63, 3.8) is 0 Å². The Balaban J connectivity index is 2.97. The van der Waals surface area contributed by atoms with Crippen LogP contribution < -0.4 is 10.6 Å². The van der Waals surface area contributed by atoms with E-state index in [4.69, 9.17) is 5.73 Å². The van der Waals surface area contributed by atoms with Gasteiger partial charge in [-0.25, -0.2) is 8.42 Å². The fraction of sp³-hybridized carbons (Fsp3) is 0.727. The predicted molar refractivity (Wildman–Crippen MR) is 77.0 cm³/mol. The topological polar surface area (TPSA) is 76.3 Å². The number of nitrogens with zero attached hydrogens (tertiary/aromatic N) is 2. The number of anilines is 2. The minimum atomic E-state index is -3.31. The standard InChI is InChI=1S/C11H21N3O2S2/c1-4-6-7-8-14(3)11-9(10(12)13-17-11)18(15,16)5-2/h4-8H2,1-3H3,(H2,12,13). The van der Waals surface area contributed by atoms with Crippen LogP contribution in [-0.4, -0.2) is 32.1 Å². The Bertz CT molecular complexity index is 482. The second kappa shape index (κ2) is 6.38. The minimum absolute atomic E-state index is 0.0470. The van der Waals surface area contributed by atoms with Crippen LogP contribution in [0, 0.1) is 0 Å². The molecule has 1 rings (SSSR count). The lowest BCUT2D eigenvalue weighted by molar-refractivity contribution is 0.597. The summed E-state index contributed by atoms with van der Waals surface area (Å²) in [5, 5.41) is 0.658. The molecule has 7 heteroatoms. The first-order valence-corrected chi connectivity index (χ1v) is 8.55. The molecular weight excluding hydrogens is 270 g/mol. The van der Waals surface area contributed by atoms with E-state index in [1.165, 1.54) is 0 Å². The van der Waals surface area contributed by atoms with Crippen LogP contribution in [0.3, 0.4) is 0 Å². The fourth-order valence-electron chi connectivity index (χ4n) is 1.67. The van der Waals surface area contributed by atoms with Crippen molar-refractivity contribution >= 4 is 32.2 Å². The number of nitrogen functional groups attached to an aromatic ring is 1. The van der Waals surface area contributed by atoms with Gasteiger partial charge in [0.05, 0.1) is 5.75 Å². The Labute approximate surface area is 113 Å². The fourth-order valence-corrected chi connectivity index (χ4v) is 3.98. The van der Waals surface area contributed by atoms with Crippen molar-refractivity contribution < 1.29 is 8.42 Å². The Hall–Kier alpha value is -0.820. The number of unbranched alkanes of at least 4 members (excludes halogenated alkanes) is 2. The smallest absolute Gasteiger partial charge is 0.184 e. The van der Waals surface area contributed by atoms with E-state index in [1.54, 1.807) is 6.92 Å². The summed E-state index contributed by atoms with van der Waals surface area (Å²) in [6, 6.07) is 0. The third-order valence-corrected chi connectivity index (χ3v) is 5.68. The molecular formula is C11H21N3O2S2. The van der Waals surface area contributed by atoms with Crippen molar-refractivity contribution in [1.29, 1.82) is 0 Å². The molecule has 0 saturated carbocycles. The zero-order valence-electron chi connectivity index (χ0n) is 11.1. The predicted octanol–water partition coefficient (Wildman–Crippen LogP) is 2.15. The lowest BCUT2D eigenvalue weighted by atomic mass is 10.2. The van der Waals surface area contributed by atoms with Gasteiger partial charge < -0.3 is 10.6 Å². The van der Waals surface area contributed by atoms with Gasteiger partial charge in [-0.3, -0.25) is 0 Å². The van der Waals surface area contributed by atoms with Gasteiger partial charge in [0.15, 0.2) is 15.7 Å². The van der Waals surface area contributed by atoms with Crippen molar-refractivity contribution in [2.24, 2.45) is 0 Å². The van der Waals surface area contributed by atoms with Crippen LogP contribution in [-0.2, 0) is 9.84 Å². The van der Waals surface area contributed by atoms with Gasteiger partial charge in [0.2, 0.25) is 0 Å². The average molecular weight is 291 g/mol. The molecule has 1 heterocycles. The second-order valence-corrected chi connectivity index (χ2v) is 7.20. The zero-order chi connectivity index (χ0) is 13.8. The third kappa shape index (κ3) is 3.35. The SMILES string of the molecule is CCCCCN(C)c1snc(N)c1S(=O)(=O)CC. The van der Waals surface area contributed by atoms with Gasteiger partial charge in [0.25, 0.3) is 0 Å². The van der Waals surface area contributed by atoms with Crippen LogP contribution in [0.2, 0.25) is 0 Å². The molecule has 0 aliphatic rings. The normalized spacial score (nSPS) is 11.7. The maximum atomic E-state index is 12.0. The quantitative estimate of drug-likeness (QED) is 0.779. The Morgan fingerprint density at radius 3 is 2.56 bits per heavy atom. The molecule has 104 valence electrons. The molecule has 0 bridgehead atoms. The summed E-state index contributed by atoms with van der Waals surface area (Å²) in [5.41, 5.74) is 5.69. The van der Waals surface area contributed by atoms with Crippen LogP contribution in [0.25, 0.3) is 0 Å². The third-order valence-electron chi connectivity index (χ3n) is 2.79. The van der Waals surface area contributed by atoms with E-state index < -0.39 is 9.84 Å². The summed E-state index contributed by atoms with van der Waals surface area (Å²) in [6.07, 6.45) is 3.31. The maximum Gasteiger partial charge on any atom is 0.184 e. The molecule has 0 aromatic carbocycles. The molecule has 2 N–H and O–H groups in total. The highest BCUT2D eigenvalue weighted by atomic mass is 32.2. The maximum absolute atomic E-state index is 12.0. The molecule has 0 fully saturated rings. The van der Waals surface area contributed by atoms with Gasteiger partial charge in [-0.2, -0.15) is 4.37 Å². The molecule has 0 aliphatic carbocycles. The van der Waals surface area contributed by atoms with Crippen LogP contribution in [0.1, 0.15) is 33.1 Å². The number of nitrogens with two attached hydrogens (primary N) is 1. The Morgan fingerprint density at radius 2 is 2.00 bits per heavy atom. The van der Waals surface area contributed by atoms with Crippen LogP contribution in [0.4, 0.5) is 10.8 Å². The molecule has 0 unspecified atom stereocenters. The largest absolute Gasteiger partial charge is 0.382 e. The van der Waals surface area contributed by atoms with E-state index in [0.717, 1.165) is 37.3 Å². The molecule has 1 aromatic rings.